The van der Waals surface area contributed by atoms with Crippen molar-refractivity contribution in [3.8, 4) is 0 Å². The van der Waals surface area contributed by atoms with Crippen molar-refractivity contribution in [3.05, 3.63) is 18.2 Å². The number of imidazole rings is 1. The van der Waals surface area contributed by atoms with Gasteiger partial charge in [-0.05, 0) is 24.3 Å². The number of aliphatic carboxylic acids is 1. The zero-order valence-corrected chi connectivity index (χ0v) is 18.1. The SMILES string of the molecule is CSCCC(NC(=O)C(Cc1cnc[nH]1)NC(=O)CNC(=O)C(N)C(C)C)C(=O)O. The fraction of sp³-hybridized carbons (Fsp3) is 0.611. The topological polar surface area (TPSA) is 179 Å². The van der Waals surface area contributed by atoms with Crippen LogP contribution in [-0.2, 0) is 25.6 Å². The molecule has 0 aliphatic rings. The number of aromatic amines is 1. The molecule has 0 aliphatic heterocycles. The van der Waals surface area contributed by atoms with Gasteiger partial charge in [0.1, 0.15) is 12.1 Å². The second-order valence-electron chi connectivity index (χ2n) is 7.07. The molecule has 1 aromatic heterocycles. The third-order valence-electron chi connectivity index (χ3n) is 4.30. The lowest BCUT2D eigenvalue weighted by Gasteiger charge is -2.21. The summed E-state index contributed by atoms with van der Waals surface area (Å²) in [5.74, 6) is -2.42. The monoisotopic (exact) mass is 442 g/mol. The minimum Gasteiger partial charge on any atom is -0.480 e. The number of thioether (sulfide) groups is 1. The van der Waals surface area contributed by atoms with Crippen molar-refractivity contribution in [1.29, 1.82) is 0 Å². The summed E-state index contributed by atoms with van der Waals surface area (Å²) < 4.78 is 0. The van der Waals surface area contributed by atoms with Gasteiger partial charge in [-0.1, -0.05) is 13.8 Å². The minimum absolute atomic E-state index is 0.0753. The van der Waals surface area contributed by atoms with E-state index in [0.717, 1.165) is 0 Å². The van der Waals surface area contributed by atoms with Gasteiger partial charge in [0.25, 0.3) is 0 Å². The van der Waals surface area contributed by atoms with Crippen LogP contribution >= 0.6 is 11.8 Å². The highest BCUT2D eigenvalue weighted by atomic mass is 32.2. The number of rotatable bonds is 13. The first-order valence-corrected chi connectivity index (χ1v) is 10.9. The molecule has 0 aliphatic carbocycles. The van der Waals surface area contributed by atoms with Gasteiger partial charge in [-0.2, -0.15) is 11.8 Å². The molecule has 1 aromatic rings. The molecule has 168 valence electrons. The average molecular weight is 443 g/mol. The molecule has 3 unspecified atom stereocenters. The van der Waals surface area contributed by atoms with Crippen molar-refractivity contribution in [2.75, 3.05) is 18.6 Å². The Balaban J connectivity index is 2.77. The molecule has 1 rings (SSSR count). The van der Waals surface area contributed by atoms with Crippen LogP contribution in [0.4, 0.5) is 0 Å². The molecule has 0 fully saturated rings. The number of carboxylic acids is 1. The highest BCUT2D eigenvalue weighted by Gasteiger charge is 2.27. The first-order chi connectivity index (χ1) is 14.1. The van der Waals surface area contributed by atoms with E-state index in [1.165, 1.54) is 24.3 Å². The summed E-state index contributed by atoms with van der Waals surface area (Å²) in [5, 5.41) is 16.7. The summed E-state index contributed by atoms with van der Waals surface area (Å²) >= 11 is 1.46. The fourth-order valence-electron chi connectivity index (χ4n) is 2.42. The molecule has 0 radical (unpaired) electrons. The lowest BCUT2D eigenvalue weighted by molar-refractivity contribution is -0.142. The Kier molecular flexibility index (Phi) is 10.9. The third kappa shape index (κ3) is 8.82. The first-order valence-electron chi connectivity index (χ1n) is 9.47. The van der Waals surface area contributed by atoms with Crippen molar-refractivity contribution in [2.45, 2.75) is 44.8 Å². The van der Waals surface area contributed by atoms with Crippen LogP contribution in [0.1, 0.15) is 26.0 Å². The number of carbonyl (C=O) groups excluding carboxylic acids is 3. The summed E-state index contributed by atoms with van der Waals surface area (Å²) in [6, 6.07) is -2.88. The van der Waals surface area contributed by atoms with E-state index in [1.54, 1.807) is 13.8 Å². The number of nitrogens with two attached hydrogens (primary N) is 1. The Labute approximate surface area is 179 Å². The van der Waals surface area contributed by atoms with Crippen molar-refractivity contribution in [1.82, 2.24) is 25.9 Å². The van der Waals surface area contributed by atoms with Crippen molar-refractivity contribution >= 4 is 35.5 Å². The maximum absolute atomic E-state index is 12.7. The van der Waals surface area contributed by atoms with Gasteiger partial charge < -0.3 is 31.8 Å². The largest absolute Gasteiger partial charge is 0.480 e. The van der Waals surface area contributed by atoms with Crippen molar-refractivity contribution < 1.29 is 24.3 Å². The molecule has 7 N–H and O–H groups in total. The second kappa shape index (κ2) is 12.9. The molecule has 3 atom stereocenters. The lowest BCUT2D eigenvalue weighted by atomic mass is 10.1. The molecular weight excluding hydrogens is 412 g/mol. The molecule has 0 bridgehead atoms. The highest BCUT2D eigenvalue weighted by Crippen LogP contribution is 2.04. The van der Waals surface area contributed by atoms with Crippen LogP contribution < -0.4 is 21.7 Å². The molecule has 0 spiro atoms. The molecule has 3 amide bonds. The number of nitrogens with zero attached hydrogens (tertiary/aromatic N) is 1. The van der Waals surface area contributed by atoms with Crippen LogP contribution in [0.2, 0.25) is 0 Å². The van der Waals surface area contributed by atoms with E-state index in [-0.39, 0.29) is 25.3 Å². The minimum atomic E-state index is -1.15. The Morgan fingerprint density at radius 1 is 1.20 bits per heavy atom. The van der Waals surface area contributed by atoms with E-state index < -0.39 is 41.8 Å². The van der Waals surface area contributed by atoms with Gasteiger partial charge in [-0.3, -0.25) is 14.4 Å². The molecular formula is C18H30N6O5S. The number of nitrogens with one attached hydrogen (secondary N) is 4. The standard InChI is InChI=1S/C18H30N6O5S/c1-10(2)15(19)17(27)21-8-14(25)23-13(6-11-7-20-9-22-11)16(26)24-12(18(28)29)4-5-30-3/h7,9-10,12-13,15H,4-6,8,19H2,1-3H3,(H,20,22)(H,21,27)(H,23,25)(H,24,26)(H,28,29). The number of carboxylic acid groups (broad SMARTS) is 1. The quantitative estimate of drug-likeness (QED) is 0.222. The van der Waals surface area contributed by atoms with Crippen LogP contribution in [0.5, 0.6) is 0 Å². The molecule has 0 saturated carbocycles. The molecule has 12 heteroatoms. The van der Waals surface area contributed by atoms with E-state index in [4.69, 9.17) is 5.73 Å². The number of aromatic nitrogens is 2. The van der Waals surface area contributed by atoms with E-state index in [1.807, 2.05) is 6.26 Å². The van der Waals surface area contributed by atoms with Crippen LogP contribution in [-0.4, -0.2) is 75.4 Å². The summed E-state index contributed by atoms with van der Waals surface area (Å²) in [6.07, 6.45) is 5.08. The van der Waals surface area contributed by atoms with Crippen molar-refractivity contribution in [2.24, 2.45) is 11.7 Å². The molecule has 0 saturated heterocycles. The van der Waals surface area contributed by atoms with Gasteiger partial charge in [-0.15, -0.1) is 0 Å². The second-order valence-corrected chi connectivity index (χ2v) is 8.06. The highest BCUT2D eigenvalue weighted by molar-refractivity contribution is 7.98. The van der Waals surface area contributed by atoms with Gasteiger partial charge in [0, 0.05) is 18.3 Å². The van der Waals surface area contributed by atoms with Gasteiger partial charge in [-0.25, -0.2) is 9.78 Å². The van der Waals surface area contributed by atoms with Crippen LogP contribution in [0.15, 0.2) is 12.5 Å². The third-order valence-corrected chi connectivity index (χ3v) is 4.94. The van der Waals surface area contributed by atoms with Gasteiger partial charge in [0.05, 0.1) is 18.9 Å². The van der Waals surface area contributed by atoms with Gasteiger partial charge in [0.2, 0.25) is 17.7 Å². The first kappa shape index (κ1) is 25.4. The Hall–Kier alpha value is -2.60. The molecule has 1 heterocycles. The van der Waals surface area contributed by atoms with Crippen LogP contribution in [0, 0.1) is 5.92 Å². The maximum Gasteiger partial charge on any atom is 0.326 e. The predicted molar refractivity (Wildman–Crippen MR) is 113 cm³/mol. The van der Waals surface area contributed by atoms with E-state index in [2.05, 4.69) is 25.9 Å². The Bertz CT molecular complexity index is 712. The fourth-order valence-corrected chi connectivity index (χ4v) is 2.90. The smallest absolute Gasteiger partial charge is 0.326 e. The Morgan fingerprint density at radius 2 is 1.90 bits per heavy atom. The number of carbonyl (C=O) groups is 4. The zero-order chi connectivity index (χ0) is 22.7. The van der Waals surface area contributed by atoms with Crippen LogP contribution in [0.25, 0.3) is 0 Å². The number of hydrogen-bond acceptors (Lipinski definition) is 7. The summed E-state index contributed by atoms with van der Waals surface area (Å²) in [4.78, 5) is 55.0. The number of H-pyrrole nitrogens is 1. The molecule has 11 nitrogen and oxygen atoms in total. The van der Waals surface area contributed by atoms with Gasteiger partial charge >= 0.3 is 5.97 Å². The van der Waals surface area contributed by atoms with Crippen molar-refractivity contribution in [3.63, 3.8) is 0 Å². The van der Waals surface area contributed by atoms with Crippen LogP contribution in [0.3, 0.4) is 0 Å². The summed E-state index contributed by atoms with van der Waals surface area (Å²) in [7, 11) is 0. The van der Waals surface area contributed by atoms with E-state index in [0.29, 0.717) is 11.4 Å². The number of amides is 3. The van der Waals surface area contributed by atoms with E-state index in [9.17, 15) is 24.3 Å². The predicted octanol–water partition coefficient (Wildman–Crippen LogP) is -1.14. The number of hydrogen-bond donors (Lipinski definition) is 6. The van der Waals surface area contributed by atoms with Gasteiger partial charge in [0.15, 0.2) is 0 Å². The zero-order valence-electron chi connectivity index (χ0n) is 17.3. The Morgan fingerprint density at radius 3 is 2.43 bits per heavy atom. The maximum atomic E-state index is 12.7. The molecule has 0 aromatic carbocycles. The summed E-state index contributed by atoms with van der Waals surface area (Å²) in [6.45, 7) is 3.21. The average Bonchev–Trinajstić information content (AvgIpc) is 3.20. The lowest BCUT2D eigenvalue weighted by Crippen LogP contribution is -2.54. The summed E-state index contributed by atoms with van der Waals surface area (Å²) in [5.41, 5.74) is 6.31. The molecule has 30 heavy (non-hydrogen) atoms. The normalized spacial score (nSPS) is 13.9. The van der Waals surface area contributed by atoms with E-state index >= 15 is 0 Å².